The summed E-state index contributed by atoms with van der Waals surface area (Å²) in [6.07, 6.45) is -4.82. The first-order valence-electron chi connectivity index (χ1n) is 6.57. The lowest BCUT2D eigenvalue weighted by Gasteiger charge is -2.23. The van der Waals surface area contributed by atoms with Crippen molar-refractivity contribution in [3.8, 4) is 0 Å². The second-order valence-electron chi connectivity index (χ2n) is 4.73. The number of carbonyl (C=O) groups excluding carboxylic acids is 2. The number of ether oxygens (including phenoxy) is 2. The van der Waals surface area contributed by atoms with Crippen LogP contribution in [-0.4, -0.2) is 37.6 Å². The highest BCUT2D eigenvalue weighted by molar-refractivity contribution is 5.96. The predicted octanol–water partition coefficient (Wildman–Crippen LogP) is 2.03. The van der Waals surface area contributed by atoms with Crippen LogP contribution in [-0.2, 0) is 25.2 Å². The van der Waals surface area contributed by atoms with Crippen LogP contribution < -0.4 is 0 Å². The lowest BCUT2D eigenvalue weighted by atomic mass is 9.83. The van der Waals surface area contributed by atoms with E-state index in [4.69, 9.17) is 0 Å². The molecule has 0 aromatic heterocycles. The summed E-state index contributed by atoms with van der Waals surface area (Å²) >= 11 is 0. The molecule has 0 aliphatic carbocycles. The highest BCUT2D eigenvalue weighted by atomic mass is 19.4. The van der Waals surface area contributed by atoms with E-state index >= 15 is 0 Å². The highest BCUT2D eigenvalue weighted by Gasteiger charge is 2.45. The number of hydrogen-bond acceptors (Lipinski definition) is 6. The van der Waals surface area contributed by atoms with Crippen LogP contribution in [0.25, 0.3) is 0 Å². The summed E-state index contributed by atoms with van der Waals surface area (Å²) in [7, 11) is 1.83. The van der Waals surface area contributed by atoms with E-state index in [9.17, 15) is 32.9 Å². The zero-order valence-corrected chi connectivity index (χ0v) is 12.7. The molecule has 1 atom stereocenters. The van der Waals surface area contributed by atoms with E-state index in [-0.39, 0.29) is 0 Å². The van der Waals surface area contributed by atoms with Gasteiger partial charge in [-0.2, -0.15) is 13.2 Å². The van der Waals surface area contributed by atoms with Crippen LogP contribution in [0.2, 0.25) is 0 Å². The molecule has 0 saturated carbocycles. The quantitative estimate of drug-likeness (QED) is 0.337. The smallest absolute Gasteiger partial charge is 0.416 e. The van der Waals surface area contributed by atoms with Gasteiger partial charge in [-0.1, -0.05) is 18.2 Å². The largest absolute Gasteiger partial charge is 0.468 e. The van der Waals surface area contributed by atoms with Gasteiger partial charge >= 0.3 is 18.1 Å². The van der Waals surface area contributed by atoms with E-state index in [1.54, 1.807) is 0 Å². The van der Waals surface area contributed by atoms with Crippen LogP contribution in [0.15, 0.2) is 24.3 Å². The third kappa shape index (κ3) is 4.43. The predicted molar refractivity (Wildman–Crippen MR) is 73.6 cm³/mol. The molecular formula is C14H14F3NO6. The molecule has 10 heteroatoms. The van der Waals surface area contributed by atoms with E-state index in [1.807, 2.05) is 0 Å². The number of esters is 2. The van der Waals surface area contributed by atoms with Gasteiger partial charge in [0.15, 0.2) is 5.92 Å². The van der Waals surface area contributed by atoms with Gasteiger partial charge in [0.05, 0.1) is 25.7 Å². The van der Waals surface area contributed by atoms with Gasteiger partial charge in [-0.25, -0.2) is 0 Å². The molecule has 0 saturated heterocycles. The highest BCUT2D eigenvalue weighted by Crippen LogP contribution is 2.38. The average molecular weight is 349 g/mol. The van der Waals surface area contributed by atoms with E-state index in [2.05, 4.69) is 9.47 Å². The summed E-state index contributed by atoms with van der Waals surface area (Å²) in [5.41, 5.74) is -1.72. The first kappa shape index (κ1) is 19.4. The van der Waals surface area contributed by atoms with Crippen LogP contribution in [0, 0.1) is 16.0 Å². The van der Waals surface area contributed by atoms with Gasteiger partial charge < -0.3 is 9.47 Å². The van der Waals surface area contributed by atoms with Crippen molar-refractivity contribution in [3.63, 3.8) is 0 Å². The SMILES string of the molecule is COC(=O)C(C(=O)OC)C(C[N+](=O)[O-])c1ccccc1C(F)(F)F. The average Bonchev–Trinajstić information content (AvgIpc) is 2.52. The summed E-state index contributed by atoms with van der Waals surface area (Å²) in [6, 6.07) is 4.02. The van der Waals surface area contributed by atoms with Crippen molar-refractivity contribution in [1.29, 1.82) is 0 Å². The number of rotatable bonds is 6. The molecule has 0 spiro atoms. The molecule has 0 amide bonds. The number of nitrogens with zero attached hydrogens (tertiary/aromatic N) is 1. The number of nitro groups is 1. The molecule has 0 aliphatic rings. The maximum absolute atomic E-state index is 13.2. The van der Waals surface area contributed by atoms with E-state index in [0.29, 0.717) is 6.07 Å². The Morgan fingerprint density at radius 3 is 2.08 bits per heavy atom. The van der Waals surface area contributed by atoms with Gasteiger partial charge in [-0.05, 0) is 11.6 Å². The first-order valence-corrected chi connectivity index (χ1v) is 6.57. The van der Waals surface area contributed by atoms with Gasteiger partial charge in [0.25, 0.3) is 0 Å². The van der Waals surface area contributed by atoms with Crippen LogP contribution in [0.3, 0.4) is 0 Å². The second kappa shape index (κ2) is 7.75. The van der Waals surface area contributed by atoms with Gasteiger partial charge in [0.2, 0.25) is 6.54 Å². The van der Waals surface area contributed by atoms with Crippen molar-refractivity contribution in [1.82, 2.24) is 0 Å². The zero-order chi connectivity index (χ0) is 18.5. The van der Waals surface area contributed by atoms with E-state index in [1.165, 1.54) is 6.07 Å². The number of halogens is 3. The maximum atomic E-state index is 13.2. The van der Waals surface area contributed by atoms with E-state index < -0.39 is 52.5 Å². The number of hydrogen-bond donors (Lipinski definition) is 0. The lowest BCUT2D eigenvalue weighted by Crippen LogP contribution is -2.36. The summed E-state index contributed by atoms with van der Waals surface area (Å²) in [5.74, 6) is -6.03. The summed E-state index contributed by atoms with van der Waals surface area (Å²) in [4.78, 5) is 33.7. The normalized spacial score (nSPS) is 12.6. The molecule has 1 aromatic rings. The van der Waals surface area contributed by atoms with Crippen LogP contribution >= 0.6 is 0 Å². The number of carbonyl (C=O) groups is 2. The van der Waals surface area contributed by atoms with Crippen molar-refractivity contribution in [2.24, 2.45) is 5.92 Å². The molecule has 1 unspecified atom stereocenters. The van der Waals surface area contributed by atoms with Gasteiger partial charge in [-0.15, -0.1) is 0 Å². The van der Waals surface area contributed by atoms with Gasteiger partial charge in [0.1, 0.15) is 0 Å². The molecule has 0 heterocycles. The van der Waals surface area contributed by atoms with Gasteiger partial charge in [-0.3, -0.25) is 19.7 Å². The Balaban J connectivity index is 3.54. The molecule has 0 radical (unpaired) electrons. The topological polar surface area (TPSA) is 95.7 Å². The third-order valence-corrected chi connectivity index (χ3v) is 3.32. The zero-order valence-electron chi connectivity index (χ0n) is 12.7. The lowest BCUT2D eigenvalue weighted by molar-refractivity contribution is -0.484. The number of methoxy groups -OCH3 is 2. The molecule has 1 rings (SSSR count). The van der Waals surface area contributed by atoms with Crippen molar-refractivity contribution in [2.45, 2.75) is 12.1 Å². The Hall–Kier alpha value is -2.65. The summed E-state index contributed by atoms with van der Waals surface area (Å²) in [6.45, 7) is -1.08. The number of alkyl halides is 3. The standard InChI is InChI=1S/C14H14F3NO6/c1-23-12(19)11(13(20)24-2)9(7-18(21)22)8-5-3-4-6-10(8)14(15,16)17/h3-6,9,11H,7H2,1-2H3. The van der Waals surface area contributed by atoms with Crippen LogP contribution in [0.5, 0.6) is 0 Å². The monoisotopic (exact) mass is 349 g/mol. The Kier molecular flexibility index (Phi) is 6.27. The van der Waals surface area contributed by atoms with Gasteiger partial charge in [0, 0.05) is 4.92 Å². The first-order chi connectivity index (χ1) is 11.1. The second-order valence-corrected chi connectivity index (χ2v) is 4.73. The Bertz CT molecular complexity index is 615. The van der Waals surface area contributed by atoms with Crippen molar-refractivity contribution in [2.75, 3.05) is 20.8 Å². The molecule has 0 N–H and O–H groups in total. The van der Waals surface area contributed by atoms with E-state index in [0.717, 1.165) is 26.4 Å². The molecule has 0 aliphatic heterocycles. The molecular weight excluding hydrogens is 335 g/mol. The number of benzene rings is 1. The molecule has 0 bridgehead atoms. The Morgan fingerprint density at radius 1 is 1.17 bits per heavy atom. The van der Waals surface area contributed by atoms with Crippen molar-refractivity contribution < 1.29 is 37.2 Å². The Labute approximate surface area is 134 Å². The summed E-state index contributed by atoms with van der Waals surface area (Å²) < 4.78 is 48.3. The van der Waals surface area contributed by atoms with Crippen molar-refractivity contribution >= 4 is 11.9 Å². The van der Waals surface area contributed by atoms with Crippen molar-refractivity contribution in [3.05, 3.63) is 45.5 Å². The fraction of sp³-hybridized carbons (Fsp3) is 0.429. The maximum Gasteiger partial charge on any atom is 0.416 e. The molecule has 0 fully saturated rings. The molecule has 132 valence electrons. The molecule has 24 heavy (non-hydrogen) atoms. The minimum atomic E-state index is -4.82. The fourth-order valence-electron chi connectivity index (χ4n) is 2.30. The molecule has 7 nitrogen and oxygen atoms in total. The Morgan fingerprint density at radius 2 is 1.67 bits per heavy atom. The minimum Gasteiger partial charge on any atom is -0.468 e. The molecule has 1 aromatic carbocycles. The third-order valence-electron chi connectivity index (χ3n) is 3.32. The van der Waals surface area contributed by atoms with Crippen LogP contribution in [0.4, 0.5) is 13.2 Å². The minimum absolute atomic E-state index is 0.553. The van der Waals surface area contributed by atoms with Crippen LogP contribution in [0.1, 0.15) is 17.0 Å². The summed E-state index contributed by atoms with van der Waals surface area (Å²) in [5, 5.41) is 10.9. The fourth-order valence-corrected chi connectivity index (χ4v) is 2.30.